The Balaban J connectivity index is 2.03. The van der Waals surface area contributed by atoms with Crippen LogP contribution < -0.4 is 10.5 Å². The first kappa shape index (κ1) is 19.6. The summed E-state index contributed by atoms with van der Waals surface area (Å²) in [5, 5.41) is 0. The number of likely N-dealkylation sites (tertiary alicyclic amines) is 1. The molecule has 0 aliphatic carbocycles. The molecule has 1 aliphatic rings. The molecular formula is C20H32N2O3. The summed E-state index contributed by atoms with van der Waals surface area (Å²) in [5.74, 6) is 1.45. The number of rotatable bonds is 6. The lowest BCUT2D eigenvalue weighted by atomic mass is 9.85. The Labute approximate surface area is 151 Å². The summed E-state index contributed by atoms with van der Waals surface area (Å²) < 4.78 is 11.2. The van der Waals surface area contributed by atoms with Gasteiger partial charge in [0.25, 0.3) is 0 Å². The molecule has 1 saturated heterocycles. The number of benzene rings is 1. The quantitative estimate of drug-likeness (QED) is 0.850. The van der Waals surface area contributed by atoms with E-state index >= 15 is 0 Å². The lowest BCUT2D eigenvalue weighted by Gasteiger charge is -2.26. The molecule has 5 nitrogen and oxygen atoms in total. The van der Waals surface area contributed by atoms with E-state index in [9.17, 15) is 4.79 Å². The van der Waals surface area contributed by atoms with Crippen molar-refractivity contribution in [1.82, 2.24) is 4.90 Å². The topological polar surface area (TPSA) is 64.8 Å². The zero-order valence-electron chi connectivity index (χ0n) is 16.0. The molecule has 0 bridgehead atoms. The van der Waals surface area contributed by atoms with Crippen LogP contribution in [-0.4, -0.2) is 42.8 Å². The van der Waals surface area contributed by atoms with Gasteiger partial charge in [0, 0.05) is 19.0 Å². The van der Waals surface area contributed by atoms with Gasteiger partial charge in [-0.25, -0.2) is 4.79 Å². The monoisotopic (exact) mass is 348 g/mol. The van der Waals surface area contributed by atoms with Gasteiger partial charge >= 0.3 is 6.09 Å². The molecule has 140 valence electrons. The Morgan fingerprint density at radius 3 is 2.80 bits per heavy atom. The molecule has 1 heterocycles. The summed E-state index contributed by atoms with van der Waals surface area (Å²) in [6, 6.07) is 8.19. The Morgan fingerprint density at radius 2 is 2.16 bits per heavy atom. The Kier molecular flexibility index (Phi) is 6.71. The van der Waals surface area contributed by atoms with Gasteiger partial charge in [-0.15, -0.1) is 0 Å². The first-order chi connectivity index (χ1) is 11.8. The van der Waals surface area contributed by atoms with Crippen molar-refractivity contribution in [2.45, 2.75) is 52.1 Å². The van der Waals surface area contributed by atoms with Crippen LogP contribution in [0.2, 0.25) is 0 Å². The largest absolute Gasteiger partial charge is 0.494 e. The molecule has 2 atom stereocenters. The second-order valence-corrected chi connectivity index (χ2v) is 7.74. The number of nitrogens with zero attached hydrogens (tertiary/aromatic N) is 1. The number of hydrogen-bond donors (Lipinski definition) is 1. The predicted molar refractivity (Wildman–Crippen MR) is 99.9 cm³/mol. The van der Waals surface area contributed by atoms with Gasteiger partial charge in [-0.2, -0.15) is 0 Å². The standard InChI is InChI=1S/C20H32N2O3/c1-5-11-24-17-8-6-7-15(12-17)18(13-21)16-9-10-22(14-16)19(23)25-20(2,3)4/h6-8,12,16,18H,5,9-11,13-14,21H2,1-4H3. The van der Waals surface area contributed by atoms with Crippen molar-refractivity contribution in [3.8, 4) is 5.75 Å². The molecule has 1 aromatic carbocycles. The number of ether oxygens (including phenoxy) is 2. The second kappa shape index (κ2) is 8.56. The van der Waals surface area contributed by atoms with Crippen molar-refractivity contribution in [3.05, 3.63) is 29.8 Å². The third-order valence-corrected chi connectivity index (χ3v) is 4.46. The Morgan fingerprint density at radius 1 is 1.40 bits per heavy atom. The smallest absolute Gasteiger partial charge is 0.410 e. The molecule has 0 radical (unpaired) electrons. The first-order valence-corrected chi connectivity index (χ1v) is 9.24. The van der Waals surface area contributed by atoms with E-state index in [1.807, 2.05) is 32.9 Å². The van der Waals surface area contributed by atoms with Gasteiger partial charge < -0.3 is 20.1 Å². The minimum atomic E-state index is -0.465. The third kappa shape index (κ3) is 5.63. The van der Waals surface area contributed by atoms with Crippen LogP contribution in [-0.2, 0) is 4.74 Å². The van der Waals surface area contributed by atoms with Crippen LogP contribution in [0.5, 0.6) is 5.75 Å². The molecular weight excluding hydrogens is 316 g/mol. The molecule has 2 N–H and O–H groups in total. The van der Waals surface area contributed by atoms with E-state index < -0.39 is 5.60 Å². The molecule has 0 saturated carbocycles. The average molecular weight is 348 g/mol. The van der Waals surface area contributed by atoms with Gasteiger partial charge in [0.1, 0.15) is 11.4 Å². The van der Waals surface area contributed by atoms with E-state index in [4.69, 9.17) is 15.2 Å². The van der Waals surface area contributed by atoms with Crippen molar-refractivity contribution >= 4 is 6.09 Å². The molecule has 5 heteroatoms. The van der Waals surface area contributed by atoms with Gasteiger partial charge in [-0.05, 0) is 63.8 Å². The highest BCUT2D eigenvalue weighted by atomic mass is 16.6. The predicted octanol–water partition coefficient (Wildman–Crippen LogP) is 3.77. The first-order valence-electron chi connectivity index (χ1n) is 9.24. The van der Waals surface area contributed by atoms with Crippen LogP contribution in [0.3, 0.4) is 0 Å². The maximum absolute atomic E-state index is 12.3. The molecule has 1 aromatic rings. The van der Waals surface area contributed by atoms with Crippen molar-refractivity contribution in [2.75, 3.05) is 26.2 Å². The van der Waals surface area contributed by atoms with E-state index in [1.165, 1.54) is 5.56 Å². The fraction of sp³-hybridized carbons (Fsp3) is 0.650. The van der Waals surface area contributed by atoms with E-state index in [0.29, 0.717) is 25.6 Å². The number of hydrogen-bond acceptors (Lipinski definition) is 4. The van der Waals surface area contributed by atoms with E-state index in [2.05, 4.69) is 19.1 Å². The van der Waals surface area contributed by atoms with Gasteiger partial charge in [0.05, 0.1) is 6.61 Å². The molecule has 1 fully saturated rings. The van der Waals surface area contributed by atoms with Gasteiger partial charge in [-0.3, -0.25) is 0 Å². The summed E-state index contributed by atoms with van der Waals surface area (Å²) in [7, 11) is 0. The lowest BCUT2D eigenvalue weighted by molar-refractivity contribution is 0.0286. The van der Waals surface area contributed by atoms with E-state index in [1.54, 1.807) is 4.90 Å². The maximum atomic E-state index is 12.3. The number of nitrogens with two attached hydrogens (primary N) is 1. The molecule has 1 amide bonds. The number of carbonyl (C=O) groups excluding carboxylic acids is 1. The fourth-order valence-corrected chi connectivity index (χ4v) is 3.26. The second-order valence-electron chi connectivity index (χ2n) is 7.74. The van der Waals surface area contributed by atoms with E-state index in [0.717, 1.165) is 25.1 Å². The van der Waals surface area contributed by atoms with Crippen LogP contribution in [0.4, 0.5) is 4.79 Å². The average Bonchev–Trinajstić information content (AvgIpc) is 3.02. The fourth-order valence-electron chi connectivity index (χ4n) is 3.26. The third-order valence-electron chi connectivity index (χ3n) is 4.46. The SMILES string of the molecule is CCCOc1cccc(C(CN)C2CCN(C(=O)OC(C)(C)C)C2)c1. The van der Waals surface area contributed by atoms with Crippen molar-refractivity contribution in [1.29, 1.82) is 0 Å². The van der Waals surface area contributed by atoms with Crippen LogP contribution in [0.15, 0.2) is 24.3 Å². The minimum Gasteiger partial charge on any atom is -0.494 e. The number of carbonyl (C=O) groups is 1. The van der Waals surface area contributed by atoms with Crippen LogP contribution >= 0.6 is 0 Å². The van der Waals surface area contributed by atoms with Crippen LogP contribution in [0.1, 0.15) is 52.0 Å². The molecule has 0 aromatic heterocycles. The highest BCUT2D eigenvalue weighted by molar-refractivity contribution is 5.68. The molecule has 2 rings (SSSR count). The minimum absolute atomic E-state index is 0.220. The van der Waals surface area contributed by atoms with Crippen LogP contribution in [0.25, 0.3) is 0 Å². The zero-order chi connectivity index (χ0) is 18.4. The van der Waals surface area contributed by atoms with Gasteiger partial charge in [0.15, 0.2) is 0 Å². The van der Waals surface area contributed by atoms with Gasteiger partial charge in [-0.1, -0.05) is 19.1 Å². The normalized spacial score (nSPS) is 18.9. The number of amides is 1. The van der Waals surface area contributed by atoms with Crippen molar-refractivity contribution < 1.29 is 14.3 Å². The summed E-state index contributed by atoms with van der Waals surface area (Å²) in [6.07, 6.45) is 1.70. The van der Waals surface area contributed by atoms with Crippen molar-refractivity contribution in [2.24, 2.45) is 11.7 Å². The summed E-state index contributed by atoms with van der Waals surface area (Å²) >= 11 is 0. The maximum Gasteiger partial charge on any atom is 0.410 e. The summed E-state index contributed by atoms with van der Waals surface area (Å²) in [5.41, 5.74) is 6.80. The lowest BCUT2D eigenvalue weighted by Crippen LogP contribution is -2.36. The highest BCUT2D eigenvalue weighted by Gasteiger charge is 2.34. The van der Waals surface area contributed by atoms with Crippen LogP contribution in [0, 0.1) is 5.92 Å². The van der Waals surface area contributed by atoms with Crippen molar-refractivity contribution in [3.63, 3.8) is 0 Å². The highest BCUT2D eigenvalue weighted by Crippen LogP contribution is 2.33. The molecule has 1 aliphatic heterocycles. The Hall–Kier alpha value is -1.75. The van der Waals surface area contributed by atoms with Gasteiger partial charge in [0.2, 0.25) is 0 Å². The zero-order valence-corrected chi connectivity index (χ0v) is 16.0. The molecule has 2 unspecified atom stereocenters. The Bertz CT molecular complexity index is 568. The molecule has 0 spiro atoms. The van der Waals surface area contributed by atoms with E-state index in [-0.39, 0.29) is 12.0 Å². The molecule has 25 heavy (non-hydrogen) atoms. The summed E-state index contributed by atoms with van der Waals surface area (Å²) in [6.45, 7) is 10.5. The summed E-state index contributed by atoms with van der Waals surface area (Å²) in [4.78, 5) is 14.1.